The Morgan fingerprint density at radius 1 is 1.06 bits per heavy atom. The van der Waals surface area contributed by atoms with E-state index in [1.54, 1.807) is 24.0 Å². The van der Waals surface area contributed by atoms with Gasteiger partial charge < -0.3 is 19.1 Å². The average molecular weight is 487 g/mol. The van der Waals surface area contributed by atoms with Crippen LogP contribution in [0.2, 0.25) is 0 Å². The summed E-state index contributed by atoms with van der Waals surface area (Å²) in [5.41, 5.74) is 2.86. The van der Waals surface area contributed by atoms with Crippen molar-refractivity contribution in [2.45, 2.75) is 19.9 Å². The molecule has 4 aromatic rings. The van der Waals surface area contributed by atoms with Crippen LogP contribution in [0.3, 0.4) is 0 Å². The van der Waals surface area contributed by atoms with Crippen molar-refractivity contribution in [2.24, 2.45) is 0 Å². The highest BCUT2D eigenvalue weighted by Crippen LogP contribution is 2.35. The van der Waals surface area contributed by atoms with Crippen LogP contribution >= 0.6 is 0 Å². The number of carbonyl (C=O) groups excluding carboxylic acids is 2. The lowest BCUT2D eigenvalue weighted by atomic mass is 10.1. The fourth-order valence-corrected chi connectivity index (χ4v) is 4.01. The molecule has 0 saturated carbocycles. The molecule has 0 N–H and O–H groups in total. The molecular weight excluding hydrogens is 460 g/mol. The molecule has 36 heavy (non-hydrogen) atoms. The fraction of sp³-hybridized carbons (Fsp3) is 0.259. The molecule has 0 unspecified atom stereocenters. The number of nitrogens with zero attached hydrogens (tertiary/aromatic N) is 4. The third-order valence-electron chi connectivity index (χ3n) is 5.96. The average Bonchev–Trinajstić information content (AvgIpc) is 3.35. The van der Waals surface area contributed by atoms with Gasteiger partial charge in [0.1, 0.15) is 13.2 Å². The molecule has 0 bridgehead atoms. The Bertz CT molecular complexity index is 1430. The topological polar surface area (TPSA) is 95.8 Å². The van der Waals surface area contributed by atoms with E-state index in [0.717, 1.165) is 5.56 Å². The lowest BCUT2D eigenvalue weighted by molar-refractivity contribution is -0.121. The number of benzene rings is 2. The van der Waals surface area contributed by atoms with Crippen molar-refractivity contribution in [3.05, 3.63) is 66.4 Å². The van der Waals surface area contributed by atoms with Gasteiger partial charge in [-0.1, -0.05) is 18.2 Å². The van der Waals surface area contributed by atoms with Crippen molar-refractivity contribution < 1.29 is 23.8 Å². The van der Waals surface area contributed by atoms with Gasteiger partial charge in [-0.25, -0.2) is 14.5 Å². The van der Waals surface area contributed by atoms with E-state index in [4.69, 9.17) is 19.2 Å². The first kappa shape index (κ1) is 23.3. The number of rotatable bonds is 6. The number of hydrogen-bond acceptors (Lipinski definition) is 7. The number of carbonyl (C=O) groups is 2. The minimum absolute atomic E-state index is 0.0236. The highest BCUT2D eigenvalue weighted by molar-refractivity contribution is 6.05. The van der Waals surface area contributed by atoms with E-state index >= 15 is 0 Å². The summed E-state index contributed by atoms with van der Waals surface area (Å²) in [4.78, 5) is 32.1. The van der Waals surface area contributed by atoms with Crippen LogP contribution in [-0.2, 0) is 9.53 Å². The lowest BCUT2D eigenvalue weighted by Gasteiger charge is -2.19. The number of hydrogen-bond donors (Lipinski definition) is 0. The van der Waals surface area contributed by atoms with Gasteiger partial charge in [-0.2, -0.15) is 5.10 Å². The molecule has 2 aromatic heterocycles. The first-order valence-electron chi connectivity index (χ1n) is 11.7. The summed E-state index contributed by atoms with van der Waals surface area (Å²) >= 11 is 0. The molecule has 184 valence electrons. The number of aromatic nitrogens is 3. The number of pyridine rings is 1. The van der Waals surface area contributed by atoms with Crippen molar-refractivity contribution in [1.82, 2.24) is 14.8 Å². The van der Waals surface area contributed by atoms with E-state index in [1.807, 2.05) is 62.4 Å². The van der Waals surface area contributed by atoms with Crippen molar-refractivity contribution in [2.75, 3.05) is 31.8 Å². The summed E-state index contributed by atoms with van der Waals surface area (Å²) in [6, 6.07) is 16.4. The van der Waals surface area contributed by atoms with E-state index in [9.17, 15) is 9.59 Å². The van der Waals surface area contributed by atoms with Gasteiger partial charge in [-0.3, -0.25) is 4.79 Å². The lowest BCUT2D eigenvalue weighted by Crippen LogP contribution is -2.31. The van der Waals surface area contributed by atoms with Crippen LogP contribution in [0, 0.1) is 0 Å². The molecule has 0 aliphatic carbocycles. The fourth-order valence-electron chi connectivity index (χ4n) is 4.01. The Kier molecular flexibility index (Phi) is 6.28. The maximum atomic E-state index is 13.2. The van der Waals surface area contributed by atoms with Gasteiger partial charge >= 0.3 is 5.97 Å². The molecule has 0 saturated heterocycles. The summed E-state index contributed by atoms with van der Waals surface area (Å²) in [7, 11) is 1.64. The molecule has 9 heteroatoms. The molecule has 5 rings (SSSR count). The second-order valence-corrected chi connectivity index (χ2v) is 8.70. The number of anilines is 1. The number of fused-ring (bicyclic) bond motifs is 2. The Morgan fingerprint density at radius 3 is 2.56 bits per heavy atom. The zero-order valence-corrected chi connectivity index (χ0v) is 20.3. The summed E-state index contributed by atoms with van der Waals surface area (Å²) in [6.45, 7) is 4.54. The molecule has 0 spiro atoms. The largest absolute Gasteiger partial charge is 0.486 e. The highest BCUT2D eigenvalue weighted by atomic mass is 16.6. The van der Waals surface area contributed by atoms with Crippen LogP contribution in [0.4, 0.5) is 5.69 Å². The molecule has 0 atom stereocenters. The third kappa shape index (κ3) is 4.47. The van der Waals surface area contributed by atoms with Crippen molar-refractivity contribution >= 4 is 28.6 Å². The standard InChI is InChI=1S/C27H26N4O5/c1-17(2)31-26-21(15-28-31)20(27(33)36-16-25(32)30(3)19-7-5-4-6-8-19)14-22(29-26)18-9-10-23-24(13-18)35-12-11-34-23/h4-10,13-15,17H,11-12,16H2,1-3H3. The molecular formula is C27H26N4O5. The predicted molar refractivity (Wildman–Crippen MR) is 134 cm³/mol. The molecule has 2 aromatic carbocycles. The minimum atomic E-state index is -0.626. The predicted octanol–water partition coefficient (Wildman–Crippen LogP) is 4.27. The number of esters is 1. The first-order chi connectivity index (χ1) is 17.4. The molecule has 0 fully saturated rings. The summed E-state index contributed by atoms with van der Waals surface area (Å²) in [5, 5.41) is 4.99. The molecule has 1 amide bonds. The summed E-state index contributed by atoms with van der Waals surface area (Å²) in [6.07, 6.45) is 1.60. The van der Waals surface area contributed by atoms with Crippen LogP contribution in [0.1, 0.15) is 30.2 Å². The molecule has 3 heterocycles. The van der Waals surface area contributed by atoms with Crippen LogP contribution < -0.4 is 14.4 Å². The van der Waals surface area contributed by atoms with E-state index in [2.05, 4.69) is 5.10 Å². The normalized spacial score (nSPS) is 12.6. The zero-order chi connectivity index (χ0) is 25.2. The maximum Gasteiger partial charge on any atom is 0.339 e. The van der Waals surface area contributed by atoms with Gasteiger partial charge in [-0.15, -0.1) is 0 Å². The maximum absolute atomic E-state index is 13.2. The quantitative estimate of drug-likeness (QED) is 0.376. The van der Waals surface area contributed by atoms with Gasteiger partial charge in [0.05, 0.1) is 22.8 Å². The van der Waals surface area contributed by atoms with Gasteiger partial charge in [-0.05, 0) is 50.2 Å². The van der Waals surface area contributed by atoms with Crippen LogP contribution in [0.25, 0.3) is 22.3 Å². The van der Waals surface area contributed by atoms with Gasteiger partial charge in [0.25, 0.3) is 5.91 Å². The number of amides is 1. The van der Waals surface area contributed by atoms with E-state index < -0.39 is 12.6 Å². The second-order valence-electron chi connectivity index (χ2n) is 8.70. The highest BCUT2D eigenvalue weighted by Gasteiger charge is 2.22. The van der Waals surface area contributed by atoms with Crippen molar-refractivity contribution in [3.63, 3.8) is 0 Å². The smallest absolute Gasteiger partial charge is 0.339 e. The van der Waals surface area contributed by atoms with E-state index in [0.29, 0.717) is 47.1 Å². The van der Waals surface area contributed by atoms with Crippen molar-refractivity contribution in [3.8, 4) is 22.8 Å². The Morgan fingerprint density at radius 2 is 1.81 bits per heavy atom. The first-order valence-corrected chi connectivity index (χ1v) is 11.7. The number of likely N-dealkylation sites (N-methyl/N-ethyl adjacent to an activating group) is 1. The Hall–Kier alpha value is -4.40. The zero-order valence-electron chi connectivity index (χ0n) is 20.3. The van der Waals surface area contributed by atoms with E-state index in [-0.39, 0.29) is 17.5 Å². The van der Waals surface area contributed by atoms with Gasteiger partial charge in [0.2, 0.25) is 0 Å². The molecule has 1 aliphatic heterocycles. The molecule has 0 radical (unpaired) electrons. The summed E-state index contributed by atoms with van der Waals surface area (Å²) in [5.74, 6) is 0.319. The Labute approximate surface area is 208 Å². The molecule has 9 nitrogen and oxygen atoms in total. The number of ether oxygens (including phenoxy) is 3. The monoisotopic (exact) mass is 486 g/mol. The van der Waals surface area contributed by atoms with Gasteiger partial charge in [0.15, 0.2) is 23.8 Å². The SMILES string of the molecule is CC(C)n1ncc2c(C(=O)OCC(=O)N(C)c3ccccc3)cc(-c3ccc4c(c3)OCCO4)nc21. The van der Waals surface area contributed by atoms with Crippen molar-refractivity contribution in [1.29, 1.82) is 0 Å². The second kappa shape index (κ2) is 9.69. The summed E-state index contributed by atoms with van der Waals surface area (Å²) < 4.78 is 18.5. The van der Waals surface area contributed by atoms with Crippen LogP contribution in [0.15, 0.2) is 60.8 Å². The van der Waals surface area contributed by atoms with Crippen LogP contribution in [0.5, 0.6) is 11.5 Å². The third-order valence-corrected chi connectivity index (χ3v) is 5.96. The van der Waals surface area contributed by atoms with E-state index in [1.165, 1.54) is 4.90 Å². The number of para-hydroxylation sites is 1. The van der Waals surface area contributed by atoms with Crippen LogP contribution in [-0.4, -0.2) is 53.5 Å². The minimum Gasteiger partial charge on any atom is -0.486 e. The Balaban J connectivity index is 1.47. The molecule has 1 aliphatic rings. The van der Waals surface area contributed by atoms with Gasteiger partial charge in [0, 0.05) is 24.3 Å².